The quantitative estimate of drug-likeness (QED) is 0.753. The van der Waals surface area contributed by atoms with Gasteiger partial charge >= 0.3 is 5.97 Å². The fraction of sp³-hybridized carbons (Fsp3) is 0.500. The highest BCUT2D eigenvalue weighted by molar-refractivity contribution is 5.74. The number of ether oxygens (including phenoxy) is 2. The lowest BCUT2D eigenvalue weighted by Crippen LogP contribution is -2.33. The van der Waals surface area contributed by atoms with Crippen LogP contribution < -0.4 is 0 Å². The van der Waals surface area contributed by atoms with E-state index in [4.69, 9.17) is 9.47 Å². The molecule has 1 aromatic carbocycles. The Kier molecular flexibility index (Phi) is 4.15. The smallest absolute Gasteiger partial charge is 0.311 e. The van der Waals surface area contributed by atoms with Crippen LogP contribution in [0.5, 0.6) is 0 Å². The van der Waals surface area contributed by atoms with Crippen LogP contribution in [0, 0.1) is 5.92 Å². The summed E-state index contributed by atoms with van der Waals surface area (Å²) >= 11 is 0. The van der Waals surface area contributed by atoms with Gasteiger partial charge in [-0.2, -0.15) is 0 Å². The Bertz CT molecular complexity index is 361. The van der Waals surface area contributed by atoms with E-state index in [0.29, 0.717) is 13.2 Å². The van der Waals surface area contributed by atoms with Crippen molar-refractivity contribution in [2.75, 3.05) is 19.8 Å². The van der Waals surface area contributed by atoms with E-state index < -0.39 is 0 Å². The van der Waals surface area contributed by atoms with E-state index in [-0.39, 0.29) is 17.8 Å². The van der Waals surface area contributed by atoms with E-state index in [1.54, 1.807) is 0 Å². The van der Waals surface area contributed by atoms with Crippen molar-refractivity contribution in [3.05, 3.63) is 35.9 Å². The highest BCUT2D eigenvalue weighted by Gasteiger charge is 2.33. The maximum atomic E-state index is 11.9. The molecule has 1 aromatic rings. The summed E-state index contributed by atoms with van der Waals surface area (Å²) in [6, 6.07) is 10.1. The highest BCUT2D eigenvalue weighted by Crippen LogP contribution is 2.32. The zero-order valence-corrected chi connectivity index (χ0v) is 10.1. The Morgan fingerprint density at radius 3 is 2.88 bits per heavy atom. The third-order valence-electron chi connectivity index (χ3n) is 3.17. The Morgan fingerprint density at radius 2 is 2.18 bits per heavy atom. The Balaban J connectivity index is 2.15. The number of esters is 1. The Hall–Kier alpha value is -1.35. The number of hydrogen-bond donors (Lipinski definition) is 0. The molecule has 0 aromatic heterocycles. The van der Waals surface area contributed by atoms with E-state index in [1.165, 1.54) is 5.56 Å². The van der Waals surface area contributed by atoms with Gasteiger partial charge in [0, 0.05) is 12.5 Å². The van der Waals surface area contributed by atoms with E-state index in [9.17, 15) is 4.79 Å². The van der Waals surface area contributed by atoms with E-state index in [1.807, 2.05) is 25.1 Å². The molecule has 2 atom stereocenters. The molecule has 1 fully saturated rings. The third kappa shape index (κ3) is 2.86. The van der Waals surface area contributed by atoms with Gasteiger partial charge in [0.2, 0.25) is 0 Å². The van der Waals surface area contributed by atoms with Crippen molar-refractivity contribution < 1.29 is 14.3 Å². The van der Waals surface area contributed by atoms with Gasteiger partial charge in [0.05, 0.1) is 19.1 Å². The molecule has 0 N–H and O–H groups in total. The van der Waals surface area contributed by atoms with Crippen LogP contribution in [-0.2, 0) is 14.3 Å². The molecule has 0 bridgehead atoms. The van der Waals surface area contributed by atoms with Gasteiger partial charge < -0.3 is 9.47 Å². The molecular weight excluding hydrogens is 216 g/mol. The molecule has 0 amide bonds. The predicted octanol–water partition coefficient (Wildman–Crippen LogP) is 2.37. The minimum Gasteiger partial charge on any atom is -0.466 e. The highest BCUT2D eigenvalue weighted by atomic mass is 16.5. The van der Waals surface area contributed by atoms with Crippen molar-refractivity contribution in [3.63, 3.8) is 0 Å². The molecule has 1 heterocycles. The van der Waals surface area contributed by atoms with Crippen LogP contribution in [-0.4, -0.2) is 25.8 Å². The molecule has 2 unspecified atom stereocenters. The molecule has 0 spiro atoms. The molecule has 1 saturated heterocycles. The minimum absolute atomic E-state index is 0.138. The largest absolute Gasteiger partial charge is 0.466 e. The summed E-state index contributed by atoms with van der Waals surface area (Å²) in [5, 5.41) is 0. The summed E-state index contributed by atoms with van der Waals surface area (Å²) in [5.41, 5.74) is 1.20. The molecule has 17 heavy (non-hydrogen) atoms. The van der Waals surface area contributed by atoms with Crippen LogP contribution in [0.15, 0.2) is 30.3 Å². The number of hydrogen-bond acceptors (Lipinski definition) is 3. The van der Waals surface area contributed by atoms with Gasteiger partial charge in [-0.25, -0.2) is 0 Å². The lowest BCUT2D eigenvalue weighted by molar-refractivity contribution is -0.153. The number of carbonyl (C=O) groups excluding carboxylic acids is 1. The van der Waals surface area contributed by atoms with Gasteiger partial charge in [-0.05, 0) is 18.9 Å². The third-order valence-corrected chi connectivity index (χ3v) is 3.17. The summed E-state index contributed by atoms with van der Waals surface area (Å²) < 4.78 is 10.5. The van der Waals surface area contributed by atoms with E-state index in [0.717, 1.165) is 13.0 Å². The summed E-state index contributed by atoms with van der Waals surface area (Å²) in [6.07, 6.45) is 0.882. The second-order valence-electron chi connectivity index (χ2n) is 4.24. The molecule has 92 valence electrons. The van der Waals surface area contributed by atoms with Gasteiger partial charge in [0.15, 0.2) is 0 Å². The summed E-state index contributed by atoms with van der Waals surface area (Å²) in [7, 11) is 0. The maximum Gasteiger partial charge on any atom is 0.311 e. The fourth-order valence-corrected chi connectivity index (χ4v) is 2.32. The normalized spacial score (nSPS) is 24.3. The van der Waals surface area contributed by atoms with E-state index in [2.05, 4.69) is 12.1 Å². The first-order valence-corrected chi connectivity index (χ1v) is 6.12. The van der Waals surface area contributed by atoms with Gasteiger partial charge in [0.25, 0.3) is 0 Å². The first kappa shape index (κ1) is 12.1. The average Bonchev–Trinajstić information content (AvgIpc) is 2.40. The molecule has 2 rings (SSSR count). The molecule has 3 nitrogen and oxygen atoms in total. The topological polar surface area (TPSA) is 35.5 Å². The van der Waals surface area contributed by atoms with Crippen LogP contribution in [0.25, 0.3) is 0 Å². The van der Waals surface area contributed by atoms with Gasteiger partial charge in [-0.3, -0.25) is 4.79 Å². The SMILES string of the molecule is CCOC(=O)C1COCCC1c1ccccc1. The Morgan fingerprint density at radius 1 is 1.41 bits per heavy atom. The Labute approximate surface area is 102 Å². The average molecular weight is 234 g/mol. The monoisotopic (exact) mass is 234 g/mol. The fourth-order valence-electron chi connectivity index (χ4n) is 2.32. The number of benzene rings is 1. The maximum absolute atomic E-state index is 11.9. The number of rotatable bonds is 3. The molecule has 1 aliphatic rings. The zero-order valence-electron chi connectivity index (χ0n) is 10.1. The zero-order chi connectivity index (χ0) is 12.1. The molecule has 0 saturated carbocycles. The summed E-state index contributed by atoms with van der Waals surface area (Å²) in [6.45, 7) is 3.45. The second kappa shape index (κ2) is 5.82. The van der Waals surface area contributed by atoms with Crippen molar-refractivity contribution in [2.24, 2.45) is 5.92 Å². The molecule has 0 aliphatic carbocycles. The summed E-state index contributed by atoms with van der Waals surface area (Å²) in [4.78, 5) is 11.9. The predicted molar refractivity (Wildman–Crippen MR) is 64.7 cm³/mol. The lowest BCUT2D eigenvalue weighted by Gasteiger charge is -2.30. The standard InChI is InChI=1S/C14H18O3/c1-2-17-14(15)13-10-16-9-8-12(13)11-6-4-3-5-7-11/h3-7,12-13H,2,8-10H2,1H3. The van der Waals surface area contributed by atoms with Crippen LogP contribution in [0.2, 0.25) is 0 Å². The van der Waals surface area contributed by atoms with Crippen LogP contribution in [0.1, 0.15) is 24.8 Å². The molecular formula is C14H18O3. The minimum atomic E-state index is -0.161. The first-order chi connectivity index (χ1) is 8.33. The van der Waals surface area contributed by atoms with Gasteiger partial charge in [-0.1, -0.05) is 30.3 Å². The van der Waals surface area contributed by atoms with Crippen molar-refractivity contribution in [3.8, 4) is 0 Å². The number of carbonyl (C=O) groups is 1. The first-order valence-electron chi connectivity index (χ1n) is 6.12. The molecule has 0 radical (unpaired) electrons. The molecule has 1 aliphatic heterocycles. The van der Waals surface area contributed by atoms with Crippen LogP contribution in [0.3, 0.4) is 0 Å². The van der Waals surface area contributed by atoms with Crippen LogP contribution >= 0.6 is 0 Å². The summed E-state index contributed by atoms with van der Waals surface area (Å²) in [5.74, 6) is -0.0730. The van der Waals surface area contributed by atoms with Crippen molar-refractivity contribution >= 4 is 5.97 Å². The molecule has 3 heteroatoms. The van der Waals surface area contributed by atoms with Gasteiger partial charge in [0.1, 0.15) is 0 Å². The van der Waals surface area contributed by atoms with Crippen molar-refractivity contribution in [2.45, 2.75) is 19.3 Å². The van der Waals surface area contributed by atoms with Crippen molar-refractivity contribution in [1.82, 2.24) is 0 Å². The second-order valence-corrected chi connectivity index (χ2v) is 4.24. The van der Waals surface area contributed by atoms with E-state index >= 15 is 0 Å². The lowest BCUT2D eigenvalue weighted by atomic mass is 9.83. The van der Waals surface area contributed by atoms with Gasteiger partial charge in [-0.15, -0.1) is 0 Å². The van der Waals surface area contributed by atoms with Crippen molar-refractivity contribution in [1.29, 1.82) is 0 Å². The van der Waals surface area contributed by atoms with Crippen LogP contribution in [0.4, 0.5) is 0 Å².